The van der Waals surface area contributed by atoms with E-state index in [9.17, 15) is 4.79 Å². The summed E-state index contributed by atoms with van der Waals surface area (Å²) < 4.78 is 5.56. The molecule has 0 aliphatic heterocycles. The van der Waals surface area contributed by atoms with Gasteiger partial charge in [0.1, 0.15) is 6.10 Å². The van der Waals surface area contributed by atoms with Crippen LogP contribution in [0.25, 0.3) is 0 Å². The number of hydrogen-bond acceptors (Lipinski definition) is 2. The molecule has 1 rings (SSSR count). The Labute approximate surface area is 93.4 Å². The summed E-state index contributed by atoms with van der Waals surface area (Å²) in [5.41, 5.74) is 0. The largest absolute Gasteiger partial charge is 0.462 e. The van der Waals surface area contributed by atoms with Crippen molar-refractivity contribution in [3.05, 3.63) is 0 Å². The molecule has 0 spiro atoms. The van der Waals surface area contributed by atoms with E-state index >= 15 is 0 Å². The minimum atomic E-state index is 0.0475. The molecule has 0 N–H and O–H groups in total. The van der Waals surface area contributed by atoms with Crippen LogP contribution in [0.1, 0.15) is 65.2 Å². The molecule has 0 aromatic carbocycles. The topological polar surface area (TPSA) is 26.3 Å². The van der Waals surface area contributed by atoms with Gasteiger partial charge in [-0.1, -0.05) is 26.7 Å². The lowest BCUT2D eigenvalue weighted by Crippen LogP contribution is -2.25. The molecule has 1 unspecified atom stereocenters. The fourth-order valence-corrected chi connectivity index (χ4v) is 2.28. The Morgan fingerprint density at radius 2 is 1.93 bits per heavy atom. The quantitative estimate of drug-likeness (QED) is 0.650. The van der Waals surface area contributed by atoms with E-state index in [0.717, 1.165) is 32.1 Å². The summed E-state index contributed by atoms with van der Waals surface area (Å²) in [6.45, 7) is 4.19. The van der Waals surface area contributed by atoms with Crippen LogP contribution in [0.5, 0.6) is 0 Å². The van der Waals surface area contributed by atoms with Crippen molar-refractivity contribution in [2.24, 2.45) is 5.92 Å². The lowest BCUT2D eigenvalue weighted by molar-refractivity contribution is -0.155. The van der Waals surface area contributed by atoms with Crippen molar-refractivity contribution in [3.8, 4) is 0 Å². The number of ether oxygens (including phenoxy) is 1. The summed E-state index contributed by atoms with van der Waals surface area (Å²) in [5.74, 6) is 0.183. The van der Waals surface area contributed by atoms with Crippen molar-refractivity contribution in [2.75, 3.05) is 0 Å². The molecular weight excluding hydrogens is 188 g/mol. The summed E-state index contributed by atoms with van der Waals surface area (Å²) >= 11 is 0. The molecular formula is C13H24O2. The lowest BCUT2D eigenvalue weighted by atomic mass is 9.97. The van der Waals surface area contributed by atoms with Gasteiger partial charge in [-0.2, -0.15) is 0 Å². The van der Waals surface area contributed by atoms with Crippen LogP contribution >= 0.6 is 0 Å². The number of rotatable bonds is 5. The van der Waals surface area contributed by atoms with Crippen molar-refractivity contribution >= 4 is 5.97 Å². The first-order valence-corrected chi connectivity index (χ1v) is 6.48. The molecule has 1 fully saturated rings. The fourth-order valence-electron chi connectivity index (χ4n) is 2.28. The first-order chi connectivity index (χ1) is 7.27. The summed E-state index contributed by atoms with van der Waals surface area (Å²) in [6.07, 6.45) is 9.09. The van der Waals surface area contributed by atoms with Gasteiger partial charge in [-0.05, 0) is 38.5 Å². The van der Waals surface area contributed by atoms with E-state index in [2.05, 4.69) is 13.8 Å². The Kier molecular flexibility index (Phi) is 5.74. The number of carbonyl (C=O) groups excluding carboxylic acids is 1. The predicted molar refractivity (Wildman–Crippen MR) is 61.7 cm³/mol. The van der Waals surface area contributed by atoms with Gasteiger partial charge in [0.15, 0.2) is 0 Å². The molecule has 0 heterocycles. The van der Waals surface area contributed by atoms with E-state index in [-0.39, 0.29) is 18.0 Å². The predicted octanol–water partition coefficient (Wildman–Crippen LogP) is 3.69. The van der Waals surface area contributed by atoms with Crippen molar-refractivity contribution < 1.29 is 9.53 Å². The highest BCUT2D eigenvalue weighted by Gasteiger charge is 2.22. The summed E-state index contributed by atoms with van der Waals surface area (Å²) in [5, 5.41) is 0. The summed E-state index contributed by atoms with van der Waals surface area (Å²) in [6, 6.07) is 0. The molecule has 0 aromatic heterocycles. The highest BCUT2D eigenvalue weighted by atomic mass is 16.5. The zero-order valence-corrected chi connectivity index (χ0v) is 10.1. The van der Waals surface area contributed by atoms with E-state index in [1.165, 1.54) is 19.3 Å². The number of hydrogen-bond donors (Lipinski definition) is 0. The van der Waals surface area contributed by atoms with E-state index in [0.29, 0.717) is 0 Å². The SMILES string of the molecule is CCCC(CC)C(=O)OC1CCCCC1. The van der Waals surface area contributed by atoms with Crippen molar-refractivity contribution in [1.29, 1.82) is 0 Å². The van der Waals surface area contributed by atoms with Crippen LogP contribution in [0, 0.1) is 5.92 Å². The molecule has 0 saturated heterocycles. The van der Waals surface area contributed by atoms with Crippen LogP contribution in [0.3, 0.4) is 0 Å². The third-order valence-electron chi connectivity index (χ3n) is 3.30. The van der Waals surface area contributed by atoms with Gasteiger partial charge in [-0.15, -0.1) is 0 Å². The minimum Gasteiger partial charge on any atom is -0.462 e. The van der Waals surface area contributed by atoms with Gasteiger partial charge in [-0.25, -0.2) is 0 Å². The molecule has 1 atom stereocenters. The molecule has 2 nitrogen and oxygen atoms in total. The first kappa shape index (κ1) is 12.5. The van der Waals surface area contributed by atoms with Gasteiger partial charge < -0.3 is 4.74 Å². The average Bonchev–Trinajstić information content (AvgIpc) is 2.27. The van der Waals surface area contributed by atoms with Crippen LogP contribution in [-0.4, -0.2) is 12.1 Å². The van der Waals surface area contributed by atoms with E-state index in [1.807, 2.05) is 0 Å². The maximum atomic E-state index is 11.8. The van der Waals surface area contributed by atoms with Crippen LogP contribution in [0.2, 0.25) is 0 Å². The number of carbonyl (C=O) groups is 1. The Balaban J connectivity index is 2.31. The first-order valence-electron chi connectivity index (χ1n) is 6.48. The Morgan fingerprint density at radius 1 is 1.27 bits per heavy atom. The van der Waals surface area contributed by atoms with Crippen LogP contribution < -0.4 is 0 Å². The molecule has 15 heavy (non-hydrogen) atoms. The van der Waals surface area contributed by atoms with Gasteiger partial charge in [-0.3, -0.25) is 4.79 Å². The summed E-state index contributed by atoms with van der Waals surface area (Å²) in [4.78, 5) is 11.8. The second kappa shape index (κ2) is 6.86. The highest BCUT2D eigenvalue weighted by Crippen LogP contribution is 2.22. The van der Waals surface area contributed by atoms with Crippen molar-refractivity contribution in [3.63, 3.8) is 0 Å². The molecule has 0 amide bonds. The van der Waals surface area contributed by atoms with E-state index < -0.39 is 0 Å². The summed E-state index contributed by atoms with van der Waals surface area (Å²) in [7, 11) is 0. The second-order valence-electron chi connectivity index (χ2n) is 4.59. The van der Waals surface area contributed by atoms with Gasteiger partial charge in [0.2, 0.25) is 0 Å². The third-order valence-corrected chi connectivity index (χ3v) is 3.30. The third kappa shape index (κ3) is 4.23. The standard InChI is InChI=1S/C13H24O2/c1-3-8-11(4-2)13(14)15-12-9-6-5-7-10-12/h11-12H,3-10H2,1-2H3. The minimum absolute atomic E-state index is 0.0475. The maximum Gasteiger partial charge on any atom is 0.309 e. The van der Waals surface area contributed by atoms with Gasteiger partial charge in [0.05, 0.1) is 5.92 Å². The molecule has 1 aliphatic rings. The normalized spacial score (nSPS) is 19.9. The zero-order chi connectivity index (χ0) is 11.1. The zero-order valence-electron chi connectivity index (χ0n) is 10.1. The van der Waals surface area contributed by atoms with Gasteiger partial charge in [0, 0.05) is 0 Å². The smallest absolute Gasteiger partial charge is 0.309 e. The average molecular weight is 212 g/mol. The van der Waals surface area contributed by atoms with Crippen LogP contribution in [0.4, 0.5) is 0 Å². The lowest BCUT2D eigenvalue weighted by Gasteiger charge is -2.24. The van der Waals surface area contributed by atoms with Crippen molar-refractivity contribution in [1.82, 2.24) is 0 Å². The molecule has 0 bridgehead atoms. The molecule has 0 aromatic rings. The molecule has 1 aliphatic carbocycles. The van der Waals surface area contributed by atoms with E-state index in [4.69, 9.17) is 4.74 Å². The Hall–Kier alpha value is -0.530. The van der Waals surface area contributed by atoms with Crippen LogP contribution in [-0.2, 0) is 9.53 Å². The molecule has 1 saturated carbocycles. The monoisotopic (exact) mass is 212 g/mol. The molecule has 0 radical (unpaired) electrons. The van der Waals surface area contributed by atoms with E-state index in [1.54, 1.807) is 0 Å². The Morgan fingerprint density at radius 3 is 2.47 bits per heavy atom. The Bertz CT molecular complexity index is 183. The van der Waals surface area contributed by atoms with Gasteiger partial charge in [0.25, 0.3) is 0 Å². The van der Waals surface area contributed by atoms with Crippen molar-refractivity contribution in [2.45, 2.75) is 71.3 Å². The molecule has 2 heteroatoms. The highest BCUT2D eigenvalue weighted by molar-refractivity contribution is 5.72. The number of esters is 1. The fraction of sp³-hybridized carbons (Fsp3) is 0.923. The molecule has 88 valence electrons. The second-order valence-corrected chi connectivity index (χ2v) is 4.59. The maximum absolute atomic E-state index is 11.8. The van der Waals surface area contributed by atoms with Gasteiger partial charge >= 0.3 is 5.97 Å². The van der Waals surface area contributed by atoms with Crippen LogP contribution in [0.15, 0.2) is 0 Å².